The van der Waals surface area contributed by atoms with Gasteiger partial charge in [0.2, 0.25) is 11.9 Å². The van der Waals surface area contributed by atoms with Crippen molar-refractivity contribution in [2.75, 3.05) is 53.3 Å². The summed E-state index contributed by atoms with van der Waals surface area (Å²) in [7, 11) is 1.80. The highest BCUT2D eigenvalue weighted by Gasteiger charge is 2.35. The first-order chi connectivity index (χ1) is 16.0. The SMILES string of the molecule is CCOc1cc(N2CCC(O)CC2)ccc1Nc1ncc2c(n1)N1CCCC1CC(=O)N2C. The lowest BCUT2D eigenvalue weighted by Gasteiger charge is -2.32. The highest BCUT2D eigenvalue weighted by atomic mass is 16.5. The summed E-state index contributed by atoms with van der Waals surface area (Å²) in [6.07, 6.45) is 5.68. The maximum absolute atomic E-state index is 12.6. The zero-order chi connectivity index (χ0) is 22.9. The first-order valence-corrected chi connectivity index (χ1v) is 11.9. The number of piperidine rings is 1. The molecule has 9 heteroatoms. The van der Waals surface area contributed by atoms with Crippen LogP contribution in [-0.2, 0) is 4.79 Å². The number of aromatic nitrogens is 2. The molecule has 1 amide bonds. The van der Waals surface area contributed by atoms with Gasteiger partial charge in [-0.25, -0.2) is 4.98 Å². The van der Waals surface area contributed by atoms with E-state index in [1.807, 2.05) is 19.1 Å². The Morgan fingerprint density at radius 3 is 2.82 bits per heavy atom. The van der Waals surface area contributed by atoms with Crippen LogP contribution < -0.4 is 24.8 Å². The van der Waals surface area contributed by atoms with Crippen molar-refractivity contribution in [1.82, 2.24) is 9.97 Å². The van der Waals surface area contributed by atoms with Crippen LogP contribution in [0.4, 0.5) is 28.8 Å². The molecule has 0 spiro atoms. The molecule has 2 N–H and O–H groups in total. The molecular formula is C24H32N6O3. The largest absolute Gasteiger partial charge is 0.492 e. The lowest BCUT2D eigenvalue weighted by molar-refractivity contribution is -0.118. The summed E-state index contributed by atoms with van der Waals surface area (Å²) in [5.74, 6) is 2.14. The molecule has 0 bridgehead atoms. The summed E-state index contributed by atoms with van der Waals surface area (Å²) in [4.78, 5) is 28.1. The van der Waals surface area contributed by atoms with Crippen molar-refractivity contribution in [1.29, 1.82) is 0 Å². The van der Waals surface area contributed by atoms with E-state index in [4.69, 9.17) is 9.72 Å². The minimum atomic E-state index is -0.205. The number of aliphatic hydroxyl groups is 1. The molecule has 2 saturated heterocycles. The zero-order valence-corrected chi connectivity index (χ0v) is 19.3. The summed E-state index contributed by atoms with van der Waals surface area (Å²) >= 11 is 0. The number of nitrogens with one attached hydrogen (secondary N) is 1. The van der Waals surface area contributed by atoms with E-state index in [9.17, 15) is 9.90 Å². The van der Waals surface area contributed by atoms with E-state index < -0.39 is 0 Å². The number of rotatable bonds is 5. The number of aliphatic hydroxyl groups excluding tert-OH is 1. The number of hydrogen-bond donors (Lipinski definition) is 2. The third-order valence-electron chi connectivity index (χ3n) is 6.89. The number of hydrogen-bond acceptors (Lipinski definition) is 8. The van der Waals surface area contributed by atoms with Crippen molar-refractivity contribution in [2.45, 2.75) is 51.2 Å². The second-order valence-corrected chi connectivity index (χ2v) is 9.01. The van der Waals surface area contributed by atoms with Gasteiger partial charge in [0.15, 0.2) is 5.82 Å². The van der Waals surface area contributed by atoms with E-state index in [0.29, 0.717) is 19.0 Å². The van der Waals surface area contributed by atoms with E-state index in [1.165, 1.54) is 0 Å². The topological polar surface area (TPSA) is 94.1 Å². The number of benzene rings is 1. The molecular weight excluding hydrogens is 420 g/mol. The number of ether oxygens (including phenoxy) is 1. The third-order valence-corrected chi connectivity index (χ3v) is 6.89. The predicted octanol–water partition coefficient (Wildman–Crippen LogP) is 2.92. The Hall–Kier alpha value is -3.07. The standard InChI is InChI=1S/C24H32N6O3/c1-3-33-21-13-16(29-11-8-18(31)9-12-29)6-7-19(21)26-24-25-15-20-23(27-24)30-10-4-5-17(30)14-22(32)28(20)2/h6-7,13,15,17-18,31H,3-5,8-12,14H2,1-2H3,(H,25,26,27). The average molecular weight is 453 g/mol. The van der Waals surface area contributed by atoms with Crippen LogP contribution in [-0.4, -0.2) is 66.4 Å². The van der Waals surface area contributed by atoms with Gasteiger partial charge in [-0.15, -0.1) is 0 Å². The summed E-state index contributed by atoms with van der Waals surface area (Å²) in [5.41, 5.74) is 2.63. The van der Waals surface area contributed by atoms with Gasteiger partial charge < -0.3 is 29.9 Å². The Kier molecular flexibility index (Phi) is 5.97. The highest BCUT2D eigenvalue weighted by molar-refractivity contribution is 5.97. The molecule has 0 aliphatic carbocycles. The van der Waals surface area contributed by atoms with E-state index in [2.05, 4.69) is 26.2 Å². The average Bonchev–Trinajstić information content (AvgIpc) is 3.25. The molecule has 2 fully saturated rings. The molecule has 0 radical (unpaired) electrons. The first kappa shape index (κ1) is 21.8. The fourth-order valence-electron chi connectivity index (χ4n) is 5.00. The van der Waals surface area contributed by atoms with Crippen LogP contribution in [0.15, 0.2) is 24.4 Å². The van der Waals surface area contributed by atoms with Crippen LogP contribution in [0.3, 0.4) is 0 Å². The minimum absolute atomic E-state index is 0.106. The number of carbonyl (C=O) groups is 1. The summed E-state index contributed by atoms with van der Waals surface area (Å²) in [5, 5.41) is 13.1. The van der Waals surface area contributed by atoms with E-state index in [0.717, 1.165) is 73.9 Å². The van der Waals surface area contributed by atoms with Crippen molar-refractivity contribution in [3.63, 3.8) is 0 Å². The van der Waals surface area contributed by atoms with Gasteiger partial charge in [0.25, 0.3) is 0 Å². The molecule has 3 aliphatic rings. The maximum atomic E-state index is 12.6. The number of carbonyl (C=O) groups excluding carboxylic acids is 1. The molecule has 0 saturated carbocycles. The second-order valence-electron chi connectivity index (χ2n) is 9.01. The molecule has 1 aromatic heterocycles. The van der Waals surface area contributed by atoms with Gasteiger partial charge in [-0.1, -0.05) is 0 Å². The molecule has 1 atom stereocenters. The summed E-state index contributed by atoms with van der Waals surface area (Å²) in [6, 6.07) is 6.30. The predicted molar refractivity (Wildman–Crippen MR) is 129 cm³/mol. The van der Waals surface area contributed by atoms with Crippen molar-refractivity contribution in [3.05, 3.63) is 24.4 Å². The van der Waals surface area contributed by atoms with Crippen LogP contribution in [0, 0.1) is 0 Å². The van der Waals surface area contributed by atoms with Gasteiger partial charge in [0.05, 0.1) is 24.6 Å². The van der Waals surface area contributed by atoms with Crippen LogP contribution in [0.1, 0.15) is 39.0 Å². The van der Waals surface area contributed by atoms with E-state index in [-0.39, 0.29) is 18.1 Å². The van der Waals surface area contributed by atoms with Crippen LogP contribution in [0.2, 0.25) is 0 Å². The minimum Gasteiger partial charge on any atom is -0.492 e. The lowest BCUT2D eigenvalue weighted by Crippen LogP contribution is -2.35. The zero-order valence-electron chi connectivity index (χ0n) is 19.3. The highest BCUT2D eigenvalue weighted by Crippen LogP contribution is 2.38. The summed E-state index contributed by atoms with van der Waals surface area (Å²) in [6.45, 7) is 5.07. The number of nitrogens with zero attached hydrogens (tertiary/aromatic N) is 5. The van der Waals surface area contributed by atoms with Gasteiger partial charge >= 0.3 is 0 Å². The van der Waals surface area contributed by atoms with E-state index in [1.54, 1.807) is 18.1 Å². The molecule has 1 unspecified atom stereocenters. The van der Waals surface area contributed by atoms with Crippen LogP contribution in [0.5, 0.6) is 5.75 Å². The van der Waals surface area contributed by atoms with Gasteiger partial charge in [-0.2, -0.15) is 4.98 Å². The van der Waals surface area contributed by atoms with Crippen LogP contribution >= 0.6 is 0 Å². The number of anilines is 5. The van der Waals surface area contributed by atoms with Crippen molar-refractivity contribution < 1.29 is 14.6 Å². The monoisotopic (exact) mass is 452 g/mol. The first-order valence-electron chi connectivity index (χ1n) is 11.9. The summed E-state index contributed by atoms with van der Waals surface area (Å²) < 4.78 is 5.94. The smallest absolute Gasteiger partial charge is 0.229 e. The quantitative estimate of drug-likeness (QED) is 0.715. The fraction of sp³-hybridized carbons (Fsp3) is 0.542. The molecule has 1 aromatic carbocycles. The third kappa shape index (κ3) is 4.29. The molecule has 4 heterocycles. The van der Waals surface area contributed by atoms with Crippen molar-refractivity contribution in [3.8, 4) is 5.75 Å². The maximum Gasteiger partial charge on any atom is 0.229 e. The Labute approximate surface area is 194 Å². The molecule has 2 aromatic rings. The van der Waals surface area contributed by atoms with Crippen LogP contribution in [0.25, 0.3) is 0 Å². The number of fused-ring (bicyclic) bond motifs is 3. The fourth-order valence-corrected chi connectivity index (χ4v) is 5.00. The lowest BCUT2D eigenvalue weighted by atomic mass is 10.1. The molecule has 33 heavy (non-hydrogen) atoms. The Bertz CT molecular complexity index is 1020. The Morgan fingerprint density at radius 2 is 2.03 bits per heavy atom. The van der Waals surface area contributed by atoms with Gasteiger partial charge in [-0.3, -0.25) is 4.79 Å². The normalized spacial score (nSPS) is 21.0. The Balaban J connectivity index is 1.42. The van der Waals surface area contributed by atoms with Gasteiger partial charge in [0, 0.05) is 50.9 Å². The van der Waals surface area contributed by atoms with Gasteiger partial charge in [0.1, 0.15) is 11.4 Å². The van der Waals surface area contributed by atoms with Crippen molar-refractivity contribution >= 4 is 34.7 Å². The Morgan fingerprint density at radius 1 is 1.21 bits per heavy atom. The second kappa shape index (κ2) is 9.05. The molecule has 5 rings (SSSR count). The van der Waals surface area contributed by atoms with E-state index >= 15 is 0 Å². The van der Waals surface area contributed by atoms with Gasteiger partial charge in [-0.05, 0) is 44.7 Å². The molecule has 9 nitrogen and oxygen atoms in total. The number of amides is 1. The molecule has 3 aliphatic heterocycles. The molecule has 176 valence electrons. The van der Waals surface area contributed by atoms with Crippen molar-refractivity contribution in [2.24, 2.45) is 0 Å².